The predicted molar refractivity (Wildman–Crippen MR) is 109 cm³/mol. The lowest BCUT2D eigenvalue weighted by molar-refractivity contribution is -0.136. The summed E-state index contributed by atoms with van der Waals surface area (Å²) in [5.41, 5.74) is 1.88. The van der Waals surface area contributed by atoms with Crippen LogP contribution in [0.3, 0.4) is 0 Å². The summed E-state index contributed by atoms with van der Waals surface area (Å²) in [6.07, 6.45) is 3.17. The number of para-hydroxylation sites is 1. The van der Waals surface area contributed by atoms with Crippen LogP contribution in [0.4, 0.5) is 0 Å². The Morgan fingerprint density at radius 3 is 2.93 bits per heavy atom. The van der Waals surface area contributed by atoms with E-state index in [1.54, 1.807) is 17.2 Å². The highest BCUT2D eigenvalue weighted by Crippen LogP contribution is 2.39. The summed E-state index contributed by atoms with van der Waals surface area (Å²) in [5, 5.41) is 3.13. The smallest absolute Gasteiger partial charge is 0.290 e. The average Bonchev–Trinajstić information content (AvgIpc) is 3.27. The lowest BCUT2D eigenvalue weighted by Crippen LogP contribution is -2.45. The molecule has 28 heavy (non-hydrogen) atoms. The summed E-state index contributed by atoms with van der Waals surface area (Å²) in [6, 6.07) is 5.10. The van der Waals surface area contributed by atoms with Gasteiger partial charge in [-0.15, -0.1) is 11.3 Å². The summed E-state index contributed by atoms with van der Waals surface area (Å²) in [4.78, 5) is 32.1. The maximum absolute atomic E-state index is 13.1. The summed E-state index contributed by atoms with van der Waals surface area (Å²) >= 11 is 7.70. The van der Waals surface area contributed by atoms with Gasteiger partial charge in [0.1, 0.15) is 5.75 Å². The van der Waals surface area contributed by atoms with Crippen molar-refractivity contribution < 1.29 is 14.3 Å². The highest BCUT2D eigenvalue weighted by atomic mass is 35.5. The molecule has 2 aliphatic rings. The summed E-state index contributed by atoms with van der Waals surface area (Å²) in [6.45, 7) is 4.54. The number of thiazole rings is 1. The van der Waals surface area contributed by atoms with Crippen molar-refractivity contribution in [2.75, 3.05) is 6.54 Å². The molecule has 4 rings (SSSR count). The zero-order valence-corrected chi connectivity index (χ0v) is 17.3. The molecule has 1 atom stereocenters. The predicted octanol–water partition coefficient (Wildman–Crippen LogP) is 4.05. The van der Waals surface area contributed by atoms with Crippen molar-refractivity contribution >= 4 is 34.6 Å². The second kappa shape index (κ2) is 7.68. The molecule has 7 heteroatoms. The number of Topliss-reactive ketones (excluding diaryl/α,β-unsaturated/α-hetero) is 1. The van der Waals surface area contributed by atoms with Crippen LogP contribution in [-0.4, -0.2) is 34.2 Å². The molecule has 0 bridgehead atoms. The topological polar surface area (TPSA) is 59.5 Å². The van der Waals surface area contributed by atoms with Crippen LogP contribution >= 0.6 is 22.9 Å². The molecular weight excluding hydrogens is 396 g/mol. The third kappa shape index (κ3) is 3.59. The first-order valence-corrected chi connectivity index (χ1v) is 10.6. The molecule has 2 aromatic rings. The monoisotopic (exact) mass is 416 g/mol. The molecule has 0 aliphatic carbocycles. The van der Waals surface area contributed by atoms with Gasteiger partial charge in [-0.3, -0.25) is 9.59 Å². The fourth-order valence-electron chi connectivity index (χ4n) is 3.76. The van der Waals surface area contributed by atoms with Gasteiger partial charge in [0.25, 0.3) is 5.91 Å². The van der Waals surface area contributed by atoms with Gasteiger partial charge < -0.3 is 9.64 Å². The lowest BCUT2D eigenvalue weighted by atomic mass is 9.97. The minimum absolute atomic E-state index is 0.0207. The molecule has 3 heterocycles. The van der Waals surface area contributed by atoms with Crippen LogP contribution in [-0.2, 0) is 22.4 Å². The number of carbonyl (C=O) groups is 2. The SMILES string of the molecule is CC(C)C[C@@H](C(=O)Cc1nccs1)N1CC2=C(Oc3c(Cl)cccc3C2)C1=O. The molecule has 1 amide bonds. The molecule has 0 unspecified atom stereocenters. The van der Waals surface area contributed by atoms with Gasteiger partial charge in [-0.1, -0.05) is 37.6 Å². The van der Waals surface area contributed by atoms with Crippen LogP contribution in [0.1, 0.15) is 30.8 Å². The number of carbonyl (C=O) groups excluding carboxylic acids is 2. The molecule has 1 aromatic heterocycles. The first-order chi connectivity index (χ1) is 13.4. The van der Waals surface area contributed by atoms with Crippen LogP contribution in [0.15, 0.2) is 41.1 Å². The van der Waals surface area contributed by atoms with Crippen molar-refractivity contribution in [2.24, 2.45) is 5.92 Å². The molecule has 5 nitrogen and oxygen atoms in total. The van der Waals surface area contributed by atoms with Gasteiger partial charge in [-0.2, -0.15) is 0 Å². The van der Waals surface area contributed by atoms with Gasteiger partial charge in [0, 0.05) is 35.7 Å². The zero-order chi connectivity index (χ0) is 19.8. The van der Waals surface area contributed by atoms with Crippen LogP contribution in [0.25, 0.3) is 0 Å². The van der Waals surface area contributed by atoms with Crippen LogP contribution in [0, 0.1) is 5.92 Å². The molecule has 0 spiro atoms. The number of aromatic nitrogens is 1. The van der Waals surface area contributed by atoms with E-state index in [4.69, 9.17) is 16.3 Å². The standard InChI is InChI=1S/C21H21ClN2O3S/c1-12(2)8-16(17(25)10-18-23-6-7-28-18)24-11-14-9-13-4-3-5-15(22)19(13)27-20(14)21(24)26/h3-7,12,16H,8-11H2,1-2H3/t16-/m0/s1. The van der Waals surface area contributed by atoms with Crippen LogP contribution in [0.2, 0.25) is 5.02 Å². The van der Waals surface area contributed by atoms with Gasteiger partial charge in [-0.25, -0.2) is 4.98 Å². The number of halogens is 1. The minimum atomic E-state index is -0.482. The van der Waals surface area contributed by atoms with E-state index in [0.717, 1.165) is 16.1 Å². The Labute approximate surface area is 173 Å². The van der Waals surface area contributed by atoms with E-state index in [1.165, 1.54) is 11.3 Å². The van der Waals surface area contributed by atoms with E-state index in [1.807, 2.05) is 17.5 Å². The number of nitrogens with zero attached hydrogens (tertiary/aromatic N) is 2. The Kier molecular flexibility index (Phi) is 5.25. The second-order valence-electron chi connectivity index (χ2n) is 7.59. The highest BCUT2D eigenvalue weighted by Gasteiger charge is 2.41. The number of fused-ring (bicyclic) bond motifs is 1. The molecule has 0 radical (unpaired) electrons. The first-order valence-electron chi connectivity index (χ1n) is 9.33. The van der Waals surface area contributed by atoms with Crippen molar-refractivity contribution in [1.29, 1.82) is 0 Å². The molecule has 0 fully saturated rings. The normalized spacial score (nSPS) is 16.9. The third-order valence-corrected chi connectivity index (χ3v) is 6.12. The Morgan fingerprint density at radius 1 is 1.39 bits per heavy atom. The second-order valence-corrected chi connectivity index (χ2v) is 8.97. The van der Waals surface area contributed by atoms with Crippen molar-refractivity contribution in [3.63, 3.8) is 0 Å². The number of ketones is 1. The Hall–Kier alpha value is -2.18. The minimum Gasteiger partial charge on any atom is -0.450 e. The Balaban J connectivity index is 1.57. The number of benzene rings is 1. The summed E-state index contributed by atoms with van der Waals surface area (Å²) < 4.78 is 5.90. The van der Waals surface area contributed by atoms with Crippen molar-refractivity contribution in [3.8, 4) is 5.75 Å². The van der Waals surface area contributed by atoms with E-state index in [-0.39, 0.29) is 24.0 Å². The fraction of sp³-hybridized carbons (Fsp3) is 0.381. The fourth-order valence-corrected chi connectivity index (χ4v) is 4.62. The number of amides is 1. The molecule has 0 N–H and O–H groups in total. The number of hydrogen-bond donors (Lipinski definition) is 0. The van der Waals surface area contributed by atoms with Gasteiger partial charge >= 0.3 is 0 Å². The van der Waals surface area contributed by atoms with Gasteiger partial charge in [0.15, 0.2) is 11.5 Å². The van der Waals surface area contributed by atoms with E-state index in [0.29, 0.717) is 35.9 Å². The first kappa shape index (κ1) is 19.2. The number of hydrogen-bond acceptors (Lipinski definition) is 5. The molecular formula is C21H21ClN2O3S. The lowest BCUT2D eigenvalue weighted by Gasteiger charge is -2.28. The van der Waals surface area contributed by atoms with E-state index in [9.17, 15) is 9.59 Å². The Morgan fingerprint density at radius 2 is 2.21 bits per heavy atom. The van der Waals surface area contributed by atoms with Gasteiger partial charge in [-0.05, 0) is 18.4 Å². The van der Waals surface area contributed by atoms with E-state index < -0.39 is 6.04 Å². The summed E-state index contributed by atoms with van der Waals surface area (Å²) in [5.74, 6) is 0.957. The number of rotatable bonds is 6. The zero-order valence-electron chi connectivity index (χ0n) is 15.8. The maximum Gasteiger partial charge on any atom is 0.290 e. The quantitative estimate of drug-likeness (QED) is 0.712. The number of ether oxygens (including phenoxy) is 1. The molecule has 2 aliphatic heterocycles. The third-order valence-electron chi connectivity index (χ3n) is 5.05. The molecule has 0 saturated heterocycles. The Bertz CT molecular complexity index is 953. The molecule has 1 aromatic carbocycles. The summed E-state index contributed by atoms with van der Waals surface area (Å²) in [7, 11) is 0. The van der Waals surface area contributed by atoms with Crippen LogP contribution in [0.5, 0.6) is 5.75 Å². The van der Waals surface area contributed by atoms with E-state index >= 15 is 0 Å². The highest BCUT2D eigenvalue weighted by molar-refractivity contribution is 7.09. The van der Waals surface area contributed by atoms with Crippen molar-refractivity contribution in [1.82, 2.24) is 9.88 Å². The van der Waals surface area contributed by atoms with Crippen LogP contribution < -0.4 is 4.74 Å². The van der Waals surface area contributed by atoms with Crippen molar-refractivity contribution in [2.45, 2.75) is 39.2 Å². The van der Waals surface area contributed by atoms with E-state index in [2.05, 4.69) is 18.8 Å². The molecule has 0 saturated carbocycles. The maximum atomic E-state index is 13.1. The molecule has 146 valence electrons. The van der Waals surface area contributed by atoms with Gasteiger partial charge in [0.05, 0.1) is 22.5 Å². The van der Waals surface area contributed by atoms with Gasteiger partial charge in [0.2, 0.25) is 0 Å². The largest absolute Gasteiger partial charge is 0.450 e. The van der Waals surface area contributed by atoms with Crippen molar-refractivity contribution in [3.05, 3.63) is 56.7 Å². The average molecular weight is 417 g/mol.